The van der Waals surface area contributed by atoms with Gasteiger partial charge in [-0.05, 0) is 37.3 Å². The number of aromatic nitrogens is 1. The molecular formula is C19H20N2. The molecule has 21 heavy (non-hydrogen) atoms. The first kappa shape index (κ1) is 14.8. The summed E-state index contributed by atoms with van der Waals surface area (Å²) in [5.41, 5.74) is 2.16. The Morgan fingerprint density at radius 3 is 2.90 bits per heavy atom. The van der Waals surface area contributed by atoms with E-state index in [9.17, 15) is 0 Å². The zero-order chi connectivity index (χ0) is 14.9. The van der Waals surface area contributed by atoms with Gasteiger partial charge in [0.15, 0.2) is 0 Å². The van der Waals surface area contributed by atoms with Crippen molar-refractivity contribution in [2.75, 3.05) is 4.90 Å². The van der Waals surface area contributed by atoms with E-state index >= 15 is 0 Å². The third kappa shape index (κ3) is 3.93. The number of rotatable bonds is 5. The van der Waals surface area contributed by atoms with E-state index in [2.05, 4.69) is 34.7 Å². The summed E-state index contributed by atoms with van der Waals surface area (Å²) in [6.07, 6.45) is 21.0. The lowest BCUT2D eigenvalue weighted by Gasteiger charge is -2.26. The summed E-state index contributed by atoms with van der Waals surface area (Å²) in [6.45, 7) is 5.94. The Kier molecular flexibility index (Phi) is 5.53. The van der Waals surface area contributed by atoms with E-state index in [0.717, 1.165) is 23.6 Å². The van der Waals surface area contributed by atoms with Crippen molar-refractivity contribution in [1.82, 2.24) is 4.98 Å². The normalized spacial score (nSPS) is 14.9. The third-order valence-electron chi connectivity index (χ3n) is 3.07. The van der Waals surface area contributed by atoms with Crippen molar-refractivity contribution in [3.63, 3.8) is 0 Å². The zero-order valence-corrected chi connectivity index (χ0v) is 12.3. The Labute approximate surface area is 126 Å². The van der Waals surface area contributed by atoms with Crippen molar-refractivity contribution < 1.29 is 0 Å². The lowest BCUT2D eigenvalue weighted by Crippen LogP contribution is -2.21. The van der Waals surface area contributed by atoms with Gasteiger partial charge >= 0.3 is 0 Å². The molecular weight excluding hydrogens is 256 g/mol. The molecule has 0 aromatic carbocycles. The molecule has 0 N–H and O–H groups in total. The van der Waals surface area contributed by atoms with Crippen molar-refractivity contribution >= 4 is 5.82 Å². The van der Waals surface area contributed by atoms with Crippen LogP contribution < -0.4 is 4.90 Å². The van der Waals surface area contributed by atoms with Crippen LogP contribution in [0.15, 0.2) is 97.1 Å². The Morgan fingerprint density at radius 1 is 1.29 bits per heavy atom. The van der Waals surface area contributed by atoms with Crippen LogP contribution in [0.5, 0.6) is 0 Å². The molecule has 0 fully saturated rings. The molecule has 2 heteroatoms. The van der Waals surface area contributed by atoms with Crippen molar-refractivity contribution in [3.05, 3.63) is 97.1 Å². The van der Waals surface area contributed by atoms with Crippen molar-refractivity contribution in [2.24, 2.45) is 0 Å². The average Bonchev–Trinajstić information content (AvgIpc) is 2.81. The van der Waals surface area contributed by atoms with Gasteiger partial charge in [0.1, 0.15) is 5.82 Å². The molecule has 0 atom stereocenters. The molecule has 0 saturated carbocycles. The first-order valence-electron chi connectivity index (χ1n) is 7.05. The quantitative estimate of drug-likeness (QED) is 0.708. The summed E-state index contributed by atoms with van der Waals surface area (Å²) in [5, 5.41) is 0. The van der Waals surface area contributed by atoms with E-state index in [-0.39, 0.29) is 0 Å². The van der Waals surface area contributed by atoms with Crippen molar-refractivity contribution in [3.8, 4) is 0 Å². The second kappa shape index (κ2) is 7.85. The van der Waals surface area contributed by atoms with E-state index < -0.39 is 0 Å². The monoisotopic (exact) mass is 276 g/mol. The molecule has 1 heterocycles. The number of pyridine rings is 1. The van der Waals surface area contributed by atoms with Crippen LogP contribution in [0.2, 0.25) is 0 Å². The van der Waals surface area contributed by atoms with Crippen LogP contribution in [0.3, 0.4) is 0 Å². The summed E-state index contributed by atoms with van der Waals surface area (Å²) in [7, 11) is 0. The van der Waals surface area contributed by atoms with E-state index in [1.54, 1.807) is 0 Å². The van der Waals surface area contributed by atoms with Gasteiger partial charge in [-0.15, -0.1) is 0 Å². The molecule has 2 nitrogen and oxygen atoms in total. The van der Waals surface area contributed by atoms with E-state index in [0.29, 0.717) is 0 Å². The minimum Gasteiger partial charge on any atom is -0.299 e. The van der Waals surface area contributed by atoms with Crippen molar-refractivity contribution in [1.29, 1.82) is 0 Å². The number of allylic oxidation sites excluding steroid dienone is 9. The highest BCUT2D eigenvalue weighted by atomic mass is 15.2. The molecule has 0 amide bonds. The second-order valence-corrected chi connectivity index (χ2v) is 4.52. The Bertz CT molecular complexity index is 616. The second-order valence-electron chi connectivity index (χ2n) is 4.52. The average molecular weight is 276 g/mol. The van der Waals surface area contributed by atoms with Gasteiger partial charge in [0, 0.05) is 24.0 Å². The number of hydrogen-bond donors (Lipinski definition) is 0. The molecule has 1 aliphatic carbocycles. The highest BCUT2D eigenvalue weighted by molar-refractivity contribution is 5.57. The summed E-state index contributed by atoms with van der Waals surface area (Å²) >= 11 is 0. The lowest BCUT2D eigenvalue weighted by atomic mass is 10.2. The third-order valence-corrected chi connectivity index (χ3v) is 3.07. The first-order valence-corrected chi connectivity index (χ1v) is 7.05. The predicted octanol–water partition coefficient (Wildman–Crippen LogP) is 4.93. The van der Waals surface area contributed by atoms with Crippen LogP contribution in [-0.4, -0.2) is 4.98 Å². The number of anilines is 1. The minimum atomic E-state index is 0.852. The van der Waals surface area contributed by atoms with Gasteiger partial charge in [-0.3, -0.25) is 4.90 Å². The fourth-order valence-electron chi connectivity index (χ4n) is 2.09. The minimum absolute atomic E-state index is 0.852. The highest BCUT2D eigenvalue weighted by Crippen LogP contribution is 2.26. The molecule has 1 aliphatic rings. The Balaban J connectivity index is 2.48. The number of nitrogens with zero attached hydrogens (tertiary/aromatic N) is 2. The molecule has 1 aromatic heterocycles. The van der Waals surface area contributed by atoms with Crippen LogP contribution in [0.25, 0.3) is 0 Å². The van der Waals surface area contributed by atoms with E-state index in [1.807, 2.05) is 67.8 Å². The molecule has 2 rings (SSSR count). The summed E-state index contributed by atoms with van der Waals surface area (Å²) in [5.74, 6) is 0.892. The molecule has 0 radical (unpaired) electrons. The Morgan fingerprint density at radius 2 is 2.19 bits per heavy atom. The van der Waals surface area contributed by atoms with Gasteiger partial charge in [0.25, 0.3) is 0 Å². The molecule has 0 unspecified atom stereocenters. The van der Waals surface area contributed by atoms with E-state index in [4.69, 9.17) is 0 Å². The fraction of sp³-hybridized carbons (Fsp3) is 0.105. The summed E-state index contributed by atoms with van der Waals surface area (Å²) in [6, 6.07) is 5.92. The van der Waals surface area contributed by atoms with Gasteiger partial charge in [0.2, 0.25) is 0 Å². The SMILES string of the molecule is C=C/C(=C\C=C/C)N(C1=CC=CC=CC1)c1ccccn1. The van der Waals surface area contributed by atoms with Gasteiger partial charge in [-0.1, -0.05) is 49.1 Å². The molecule has 106 valence electrons. The summed E-state index contributed by atoms with van der Waals surface area (Å²) in [4.78, 5) is 6.62. The van der Waals surface area contributed by atoms with Gasteiger partial charge in [0.05, 0.1) is 0 Å². The predicted molar refractivity (Wildman–Crippen MR) is 90.8 cm³/mol. The van der Waals surface area contributed by atoms with E-state index in [1.165, 1.54) is 0 Å². The molecule has 0 aliphatic heterocycles. The fourth-order valence-corrected chi connectivity index (χ4v) is 2.09. The lowest BCUT2D eigenvalue weighted by molar-refractivity contribution is 1.01. The molecule has 0 bridgehead atoms. The first-order chi connectivity index (χ1) is 10.4. The van der Waals surface area contributed by atoms with Crippen LogP contribution in [0.1, 0.15) is 13.3 Å². The zero-order valence-electron chi connectivity index (χ0n) is 12.3. The Hall–Kier alpha value is -2.61. The molecule has 0 spiro atoms. The topological polar surface area (TPSA) is 16.1 Å². The molecule has 0 saturated heterocycles. The maximum absolute atomic E-state index is 4.49. The highest BCUT2D eigenvalue weighted by Gasteiger charge is 2.15. The van der Waals surface area contributed by atoms with Gasteiger partial charge in [-0.2, -0.15) is 0 Å². The molecule has 1 aromatic rings. The maximum atomic E-state index is 4.49. The largest absolute Gasteiger partial charge is 0.299 e. The van der Waals surface area contributed by atoms with Gasteiger partial charge in [-0.25, -0.2) is 4.98 Å². The number of hydrogen-bond acceptors (Lipinski definition) is 2. The summed E-state index contributed by atoms with van der Waals surface area (Å²) < 4.78 is 0. The van der Waals surface area contributed by atoms with Gasteiger partial charge < -0.3 is 0 Å². The standard InChI is InChI=1S/C19H20N2/c1-3-5-12-17(4-2)21(19-15-10-11-16-20-19)18-13-8-6-7-9-14-18/h3-13,15-16H,2,14H2,1H3/b5-3-,17-12+. The van der Waals surface area contributed by atoms with Crippen LogP contribution in [-0.2, 0) is 0 Å². The van der Waals surface area contributed by atoms with Crippen LogP contribution >= 0.6 is 0 Å². The smallest absolute Gasteiger partial charge is 0.137 e. The van der Waals surface area contributed by atoms with Crippen LogP contribution in [0.4, 0.5) is 5.82 Å². The van der Waals surface area contributed by atoms with Crippen molar-refractivity contribution in [2.45, 2.75) is 13.3 Å². The van der Waals surface area contributed by atoms with Crippen LogP contribution in [0, 0.1) is 0 Å². The maximum Gasteiger partial charge on any atom is 0.137 e.